The summed E-state index contributed by atoms with van der Waals surface area (Å²) in [5, 5.41) is 21.6. The predicted octanol–water partition coefficient (Wildman–Crippen LogP) is 7.90. The number of aromatic hydroxyl groups is 2. The van der Waals surface area contributed by atoms with Crippen molar-refractivity contribution in [3.8, 4) is 11.5 Å². The molecule has 152 valence electrons. The van der Waals surface area contributed by atoms with Gasteiger partial charge >= 0.3 is 181 Å². The Kier molecular flexibility index (Phi) is 8.05. The monoisotopic (exact) mass is 518 g/mol. The van der Waals surface area contributed by atoms with Crippen LogP contribution in [-0.4, -0.2) is 28.7 Å². The van der Waals surface area contributed by atoms with E-state index >= 15 is 0 Å². The number of phenols is 2. The summed E-state index contributed by atoms with van der Waals surface area (Å²) in [4.78, 5) is 0. The van der Waals surface area contributed by atoms with Crippen LogP contribution in [0.1, 0.15) is 59.3 Å². The molecule has 0 amide bonds. The van der Waals surface area contributed by atoms with Crippen LogP contribution in [0.5, 0.6) is 11.5 Å². The van der Waals surface area contributed by atoms with E-state index in [1.165, 1.54) is 24.6 Å². The van der Waals surface area contributed by atoms with E-state index in [2.05, 4.69) is 58.3 Å². The van der Waals surface area contributed by atoms with Crippen LogP contribution in [0.4, 0.5) is 0 Å². The summed E-state index contributed by atoms with van der Waals surface area (Å²) in [5.74, 6) is -0.0157. The molecule has 0 heterocycles. The van der Waals surface area contributed by atoms with Crippen molar-refractivity contribution in [1.82, 2.24) is 0 Å². The first kappa shape index (κ1) is 23.0. The fourth-order valence-corrected chi connectivity index (χ4v) is 13.3. The fraction of sp³-hybridized carbons (Fsp3) is 0.545. The zero-order valence-corrected chi connectivity index (χ0v) is 20.8. The minimum absolute atomic E-state index is 0.00207. The molecule has 0 bridgehead atoms. The fourth-order valence-electron chi connectivity index (χ4n) is 4.07. The molecule has 0 unspecified atom stereocenters. The van der Waals surface area contributed by atoms with Crippen molar-refractivity contribution in [2.75, 3.05) is 18.5 Å². The molecule has 0 spiro atoms. The Balaban J connectivity index is 2.84. The average molecular weight is 520 g/mol. The molecule has 27 heavy (non-hydrogen) atoms. The number of benzene rings is 2. The Hall–Kier alpha value is -0.310. The van der Waals surface area contributed by atoms with Crippen molar-refractivity contribution in [3.63, 3.8) is 0 Å². The van der Waals surface area contributed by atoms with Crippen LogP contribution in [-0.2, 0) is 0 Å². The maximum atomic E-state index is 10.6. The van der Waals surface area contributed by atoms with Crippen LogP contribution in [0.25, 0.3) is 10.8 Å². The van der Waals surface area contributed by atoms with Gasteiger partial charge in [0.2, 0.25) is 0 Å². The van der Waals surface area contributed by atoms with Gasteiger partial charge in [-0.05, 0) is 0 Å². The van der Waals surface area contributed by atoms with Crippen molar-refractivity contribution in [1.29, 1.82) is 0 Å². The van der Waals surface area contributed by atoms with Crippen LogP contribution in [0.2, 0.25) is 0 Å². The maximum absolute atomic E-state index is 10.6. The van der Waals surface area contributed by atoms with Crippen LogP contribution in [0.3, 0.4) is 0 Å². The zero-order valence-electron chi connectivity index (χ0n) is 16.8. The van der Waals surface area contributed by atoms with Gasteiger partial charge in [0, 0.05) is 0 Å². The quantitative estimate of drug-likeness (QED) is 0.247. The summed E-state index contributed by atoms with van der Waals surface area (Å²) < 4.78 is 1.00. The Morgan fingerprint density at radius 3 is 1.81 bits per heavy atom. The van der Waals surface area contributed by atoms with Gasteiger partial charge in [0.1, 0.15) is 0 Å². The Bertz CT molecular complexity index is 767. The second-order valence-corrected chi connectivity index (χ2v) is 19.3. The van der Waals surface area contributed by atoms with E-state index in [1.807, 2.05) is 18.2 Å². The van der Waals surface area contributed by atoms with Crippen LogP contribution >= 0.6 is 36.7 Å². The third kappa shape index (κ3) is 4.82. The molecule has 0 aliphatic heterocycles. The van der Waals surface area contributed by atoms with E-state index in [9.17, 15) is 10.2 Å². The molecule has 2 nitrogen and oxygen atoms in total. The van der Waals surface area contributed by atoms with Crippen molar-refractivity contribution in [3.05, 3.63) is 28.7 Å². The van der Waals surface area contributed by atoms with E-state index in [0.717, 1.165) is 53.0 Å². The summed E-state index contributed by atoms with van der Waals surface area (Å²) in [6, 6.07) is 7.80. The zero-order chi connectivity index (χ0) is 20.1. The summed E-state index contributed by atoms with van der Waals surface area (Å²) >= 11 is 8.04. The van der Waals surface area contributed by atoms with Crippen molar-refractivity contribution < 1.29 is 10.2 Å². The molecule has 2 aromatic carbocycles. The Morgan fingerprint density at radius 2 is 1.33 bits per heavy atom. The van der Waals surface area contributed by atoms with E-state index in [1.54, 1.807) is 0 Å². The van der Waals surface area contributed by atoms with Gasteiger partial charge in [0.15, 0.2) is 0 Å². The SMILES string of the molecule is CCCCP(Br)(CCCC)(CCCC)c1cc(O)c(O)c2ccc(Br)cc12. The number of hydrogen-bond acceptors (Lipinski definition) is 2. The van der Waals surface area contributed by atoms with E-state index in [0.29, 0.717) is 0 Å². The van der Waals surface area contributed by atoms with Crippen molar-refractivity contribution in [2.24, 2.45) is 0 Å². The van der Waals surface area contributed by atoms with E-state index < -0.39 is 5.31 Å². The third-order valence-corrected chi connectivity index (χ3v) is 16.1. The normalized spacial score (nSPS) is 13.6. The molecule has 5 heteroatoms. The molecule has 0 atom stereocenters. The number of fused-ring (bicyclic) bond motifs is 1. The number of unbranched alkanes of at least 4 members (excludes halogenated alkanes) is 3. The summed E-state index contributed by atoms with van der Waals surface area (Å²) in [6.07, 6.45) is 10.4. The molecule has 0 aliphatic carbocycles. The number of halogens is 2. The van der Waals surface area contributed by atoms with Gasteiger partial charge in [-0.2, -0.15) is 0 Å². The van der Waals surface area contributed by atoms with Crippen molar-refractivity contribution >= 4 is 52.8 Å². The molecule has 0 saturated heterocycles. The van der Waals surface area contributed by atoms with Crippen LogP contribution in [0.15, 0.2) is 28.7 Å². The molecule has 0 radical (unpaired) electrons. The number of hydrogen-bond donors (Lipinski definition) is 2. The van der Waals surface area contributed by atoms with Gasteiger partial charge in [-0.1, -0.05) is 0 Å². The molecule has 2 rings (SSSR count). The number of phenolic OH excluding ortho intramolecular Hbond substituents is 2. The van der Waals surface area contributed by atoms with Gasteiger partial charge in [-0.15, -0.1) is 0 Å². The van der Waals surface area contributed by atoms with Crippen LogP contribution < -0.4 is 5.30 Å². The van der Waals surface area contributed by atoms with Gasteiger partial charge in [-0.3, -0.25) is 0 Å². The van der Waals surface area contributed by atoms with Gasteiger partial charge < -0.3 is 0 Å². The molecule has 0 saturated carbocycles. The second kappa shape index (κ2) is 9.46. The second-order valence-electron chi connectivity index (χ2n) is 7.77. The molecular formula is C22H33Br2O2P. The summed E-state index contributed by atoms with van der Waals surface area (Å²) in [7, 11) is 0. The first-order chi connectivity index (χ1) is 12.8. The molecule has 0 aliphatic rings. The van der Waals surface area contributed by atoms with Gasteiger partial charge in [0.05, 0.1) is 0 Å². The summed E-state index contributed by atoms with van der Waals surface area (Å²) in [5.41, 5.74) is 0. The predicted molar refractivity (Wildman–Crippen MR) is 130 cm³/mol. The standard InChI is InChI=1S/C22H33Br2O2P/c1-4-7-12-27(24,13-8-5-2,14-9-6-3)21-16-20(25)22(26)18-11-10-17(23)15-19(18)21/h10-11,15-16,25-26H,4-9,12-14H2,1-3H3. The third-order valence-electron chi connectivity index (χ3n) is 5.70. The van der Waals surface area contributed by atoms with E-state index in [-0.39, 0.29) is 11.5 Å². The molecule has 0 aromatic heterocycles. The van der Waals surface area contributed by atoms with Crippen molar-refractivity contribution in [2.45, 2.75) is 59.3 Å². The van der Waals surface area contributed by atoms with Gasteiger partial charge in [0.25, 0.3) is 0 Å². The first-order valence-electron chi connectivity index (χ1n) is 10.2. The average Bonchev–Trinajstić information content (AvgIpc) is 2.66. The van der Waals surface area contributed by atoms with Gasteiger partial charge in [-0.25, -0.2) is 0 Å². The van der Waals surface area contributed by atoms with Crippen LogP contribution in [0, 0.1) is 0 Å². The summed E-state index contributed by atoms with van der Waals surface area (Å²) in [6.45, 7) is 6.74. The Labute approximate surface area is 180 Å². The number of rotatable bonds is 10. The molecular weight excluding hydrogens is 487 g/mol. The van der Waals surface area contributed by atoms with E-state index in [4.69, 9.17) is 0 Å². The Morgan fingerprint density at radius 1 is 0.815 bits per heavy atom. The first-order valence-corrected chi connectivity index (χ1v) is 15.8. The molecule has 0 fully saturated rings. The topological polar surface area (TPSA) is 40.5 Å². The minimum atomic E-state index is -2.46. The molecule has 2 N–H and O–H groups in total. The molecule has 2 aromatic rings.